The van der Waals surface area contributed by atoms with Crippen LogP contribution in [0.1, 0.15) is 0 Å². The molecule has 0 unspecified atom stereocenters. The molecule has 0 aromatic carbocycles. The first-order chi connectivity index (χ1) is 7.62. The minimum Gasteiger partial charge on any atom is -0.471 e. The molecule has 1 heterocycles. The van der Waals surface area contributed by atoms with E-state index in [4.69, 9.17) is 11.5 Å². The van der Waals surface area contributed by atoms with Crippen molar-refractivity contribution in [3.05, 3.63) is 6.07 Å². The molecule has 0 aliphatic rings. The molecule has 0 saturated heterocycles. The molecule has 1 aromatic rings. The Balaban J connectivity index is 2.74. The van der Waals surface area contributed by atoms with Crippen molar-refractivity contribution in [3.63, 3.8) is 0 Å². The highest BCUT2D eigenvalue weighted by atomic mass is 19.4. The fraction of sp³-hybridized carbons (Fsp3) is 0.429. The molecule has 0 saturated carbocycles. The number of rotatable bonds is 3. The molecule has 0 aliphatic heterocycles. The van der Waals surface area contributed by atoms with Gasteiger partial charge in [0.2, 0.25) is 11.8 Å². The summed E-state index contributed by atoms with van der Waals surface area (Å²) in [5.41, 5.74) is 10.3. The molecule has 10 heteroatoms. The Labute approximate surface area is 91.6 Å². The number of anilines is 2. The molecule has 0 aliphatic carbocycles. The predicted octanol–water partition coefficient (Wildman–Crippen LogP) is 1.22. The number of nitrogens with zero attached hydrogens (tertiary/aromatic N) is 2. The number of ether oxygens (including phenoxy) is 1. The zero-order valence-corrected chi connectivity index (χ0v) is 8.13. The lowest BCUT2D eigenvalue weighted by molar-refractivity contribution is -0.290. The van der Waals surface area contributed by atoms with Crippen molar-refractivity contribution in [1.29, 1.82) is 0 Å². The minimum absolute atomic E-state index is 0.206. The summed E-state index contributed by atoms with van der Waals surface area (Å²) in [5, 5.41) is 0. The van der Waals surface area contributed by atoms with E-state index in [0.717, 1.165) is 6.07 Å². The predicted molar refractivity (Wildman–Crippen MR) is 47.4 cm³/mol. The Morgan fingerprint density at radius 3 is 2.18 bits per heavy atom. The highest BCUT2D eigenvalue weighted by Crippen LogP contribution is 2.35. The van der Waals surface area contributed by atoms with Crippen LogP contribution in [0.2, 0.25) is 0 Å². The summed E-state index contributed by atoms with van der Waals surface area (Å²) in [6.07, 6.45) is -5.70. The second-order valence-electron chi connectivity index (χ2n) is 2.98. The molecular formula is C7H7F5N4O. The average Bonchev–Trinajstić information content (AvgIpc) is 2.11. The third-order valence-electron chi connectivity index (χ3n) is 1.56. The van der Waals surface area contributed by atoms with E-state index >= 15 is 0 Å². The molecule has 17 heavy (non-hydrogen) atoms. The topological polar surface area (TPSA) is 87.0 Å². The van der Waals surface area contributed by atoms with Crippen molar-refractivity contribution in [2.45, 2.75) is 12.1 Å². The SMILES string of the molecule is Nc1cc(OCC(F)(F)C(F)(F)F)nc(N)n1. The summed E-state index contributed by atoms with van der Waals surface area (Å²) in [6.45, 7) is -1.91. The van der Waals surface area contributed by atoms with Crippen LogP contribution in [-0.2, 0) is 0 Å². The van der Waals surface area contributed by atoms with Crippen LogP contribution in [0.15, 0.2) is 6.07 Å². The van der Waals surface area contributed by atoms with Gasteiger partial charge in [0.25, 0.3) is 0 Å². The summed E-state index contributed by atoms with van der Waals surface area (Å²) in [5.74, 6) is -6.14. The second-order valence-corrected chi connectivity index (χ2v) is 2.98. The first-order valence-corrected chi connectivity index (χ1v) is 4.09. The van der Waals surface area contributed by atoms with Gasteiger partial charge < -0.3 is 16.2 Å². The number of nitrogens with two attached hydrogens (primary N) is 2. The van der Waals surface area contributed by atoms with E-state index in [1.165, 1.54) is 0 Å². The van der Waals surface area contributed by atoms with E-state index in [1.807, 2.05) is 0 Å². The molecule has 1 rings (SSSR count). The smallest absolute Gasteiger partial charge is 0.456 e. The highest BCUT2D eigenvalue weighted by molar-refractivity contribution is 5.38. The van der Waals surface area contributed by atoms with Crippen molar-refractivity contribution >= 4 is 11.8 Å². The minimum atomic E-state index is -5.70. The van der Waals surface area contributed by atoms with E-state index < -0.39 is 30.5 Å². The van der Waals surface area contributed by atoms with Gasteiger partial charge >= 0.3 is 12.1 Å². The Morgan fingerprint density at radius 1 is 1.12 bits per heavy atom. The van der Waals surface area contributed by atoms with Gasteiger partial charge in [-0.25, -0.2) is 0 Å². The standard InChI is InChI=1S/C7H7F5N4O/c8-6(9,7(10,11)12)2-17-4-1-3(13)15-5(14)16-4/h1H,2H2,(H4,13,14,15,16). The van der Waals surface area contributed by atoms with E-state index in [2.05, 4.69) is 14.7 Å². The molecule has 0 bridgehead atoms. The van der Waals surface area contributed by atoms with Gasteiger partial charge in [-0.05, 0) is 0 Å². The molecule has 96 valence electrons. The van der Waals surface area contributed by atoms with E-state index in [1.54, 1.807) is 0 Å². The molecule has 0 fully saturated rings. The summed E-state index contributed by atoms with van der Waals surface area (Å²) in [7, 11) is 0. The van der Waals surface area contributed by atoms with E-state index in [-0.39, 0.29) is 5.82 Å². The fourth-order valence-corrected chi connectivity index (χ4v) is 0.782. The van der Waals surface area contributed by atoms with Crippen LogP contribution in [0.3, 0.4) is 0 Å². The third kappa shape index (κ3) is 3.29. The Bertz CT molecular complexity index is 387. The van der Waals surface area contributed by atoms with Crippen molar-refractivity contribution in [3.8, 4) is 5.88 Å². The number of alkyl halides is 5. The van der Waals surface area contributed by atoms with Gasteiger partial charge in [0.1, 0.15) is 5.82 Å². The zero-order valence-electron chi connectivity index (χ0n) is 8.13. The Morgan fingerprint density at radius 2 is 1.71 bits per heavy atom. The maximum absolute atomic E-state index is 12.5. The molecule has 1 aromatic heterocycles. The molecule has 5 nitrogen and oxygen atoms in total. The van der Waals surface area contributed by atoms with Crippen LogP contribution < -0.4 is 16.2 Å². The largest absolute Gasteiger partial charge is 0.471 e. The van der Waals surface area contributed by atoms with Crippen LogP contribution >= 0.6 is 0 Å². The number of hydrogen-bond acceptors (Lipinski definition) is 5. The van der Waals surface area contributed by atoms with Gasteiger partial charge in [-0.3, -0.25) is 0 Å². The summed E-state index contributed by atoms with van der Waals surface area (Å²) in [4.78, 5) is 6.67. The lowest BCUT2D eigenvalue weighted by Gasteiger charge is -2.19. The van der Waals surface area contributed by atoms with Crippen LogP contribution in [0, 0.1) is 0 Å². The lowest BCUT2D eigenvalue weighted by Crippen LogP contribution is -2.41. The maximum Gasteiger partial charge on any atom is 0.456 e. The molecular weight excluding hydrogens is 251 g/mol. The first kappa shape index (κ1) is 13.2. The van der Waals surface area contributed by atoms with Gasteiger partial charge in [-0.2, -0.15) is 31.9 Å². The molecule has 0 atom stereocenters. The highest BCUT2D eigenvalue weighted by Gasteiger charge is 2.58. The first-order valence-electron chi connectivity index (χ1n) is 4.09. The number of halogens is 5. The van der Waals surface area contributed by atoms with Crippen LogP contribution in [0.4, 0.5) is 33.7 Å². The summed E-state index contributed by atoms with van der Waals surface area (Å²) in [6, 6.07) is 0.878. The third-order valence-corrected chi connectivity index (χ3v) is 1.56. The van der Waals surface area contributed by atoms with Crippen molar-refractivity contribution in [2.75, 3.05) is 18.1 Å². The Hall–Kier alpha value is -1.87. The monoisotopic (exact) mass is 258 g/mol. The maximum atomic E-state index is 12.5. The van der Waals surface area contributed by atoms with Crippen molar-refractivity contribution in [2.24, 2.45) is 0 Å². The molecule has 0 amide bonds. The molecule has 0 radical (unpaired) electrons. The number of hydrogen-bond donors (Lipinski definition) is 2. The van der Waals surface area contributed by atoms with Gasteiger partial charge in [-0.15, -0.1) is 0 Å². The molecule has 4 N–H and O–H groups in total. The average molecular weight is 258 g/mol. The van der Waals surface area contributed by atoms with Crippen LogP contribution in [0.5, 0.6) is 5.88 Å². The van der Waals surface area contributed by atoms with Gasteiger partial charge in [-0.1, -0.05) is 0 Å². The number of nitrogen functional groups attached to an aromatic ring is 2. The van der Waals surface area contributed by atoms with E-state index in [9.17, 15) is 22.0 Å². The quantitative estimate of drug-likeness (QED) is 0.796. The normalized spacial score (nSPS) is 12.5. The number of aromatic nitrogens is 2. The fourth-order valence-electron chi connectivity index (χ4n) is 0.782. The Kier molecular flexibility index (Phi) is 3.25. The van der Waals surface area contributed by atoms with Gasteiger partial charge in [0.05, 0.1) is 0 Å². The van der Waals surface area contributed by atoms with Crippen molar-refractivity contribution in [1.82, 2.24) is 9.97 Å². The second kappa shape index (κ2) is 4.18. The van der Waals surface area contributed by atoms with Gasteiger partial charge in [0.15, 0.2) is 6.61 Å². The van der Waals surface area contributed by atoms with E-state index in [0.29, 0.717) is 0 Å². The van der Waals surface area contributed by atoms with Crippen LogP contribution in [0.25, 0.3) is 0 Å². The summed E-state index contributed by atoms with van der Waals surface area (Å²) >= 11 is 0. The lowest BCUT2D eigenvalue weighted by atomic mass is 10.3. The van der Waals surface area contributed by atoms with Crippen molar-refractivity contribution < 1.29 is 26.7 Å². The van der Waals surface area contributed by atoms with Crippen LogP contribution in [-0.4, -0.2) is 28.7 Å². The van der Waals surface area contributed by atoms with Gasteiger partial charge in [0, 0.05) is 6.07 Å². The zero-order chi connectivity index (χ0) is 13.3. The molecule has 0 spiro atoms. The summed E-state index contributed by atoms with van der Waals surface area (Å²) < 4.78 is 64.4.